The number of carboxylic acids is 1. The van der Waals surface area contributed by atoms with E-state index in [2.05, 4.69) is 11.9 Å². The maximum atomic E-state index is 13.3. The van der Waals surface area contributed by atoms with E-state index in [1.54, 1.807) is 17.0 Å². The van der Waals surface area contributed by atoms with Crippen LogP contribution in [0.3, 0.4) is 0 Å². The van der Waals surface area contributed by atoms with E-state index in [1.165, 1.54) is 77.0 Å². The Labute approximate surface area is 228 Å². The van der Waals surface area contributed by atoms with Gasteiger partial charge in [-0.2, -0.15) is 0 Å². The van der Waals surface area contributed by atoms with Crippen molar-refractivity contribution in [1.29, 1.82) is 0 Å². The lowest BCUT2D eigenvalue weighted by atomic mass is 10.00. The molecule has 0 saturated heterocycles. The lowest BCUT2D eigenvalue weighted by Crippen LogP contribution is -2.14. The molecule has 0 spiro atoms. The Balaban J connectivity index is 1.42. The number of rotatable bonds is 20. The van der Waals surface area contributed by atoms with Gasteiger partial charge < -0.3 is 9.67 Å². The van der Waals surface area contributed by atoms with Crippen LogP contribution in [0.1, 0.15) is 136 Å². The highest BCUT2D eigenvalue weighted by atomic mass is 16.4. The summed E-state index contributed by atoms with van der Waals surface area (Å²) in [5, 5.41) is 10.8. The van der Waals surface area contributed by atoms with Gasteiger partial charge in [0.15, 0.2) is 5.78 Å². The number of ketones is 1. The van der Waals surface area contributed by atoms with Crippen molar-refractivity contribution in [2.24, 2.45) is 0 Å². The van der Waals surface area contributed by atoms with Gasteiger partial charge in [-0.15, -0.1) is 0 Å². The average Bonchev–Trinajstić information content (AvgIpc) is 3.26. The summed E-state index contributed by atoms with van der Waals surface area (Å²) in [6, 6.07) is 11.3. The number of hydrogen-bond acceptors (Lipinski definition) is 3. The normalized spacial score (nSPS) is 11.3. The first-order valence-corrected chi connectivity index (χ1v) is 14.9. The zero-order valence-electron chi connectivity index (χ0n) is 23.3. The number of aromatic carboxylic acids is 1. The van der Waals surface area contributed by atoms with Crippen LogP contribution in [0.25, 0.3) is 10.9 Å². The van der Waals surface area contributed by atoms with Crippen molar-refractivity contribution in [3.63, 3.8) is 0 Å². The number of aromatic nitrogens is 2. The second-order valence-electron chi connectivity index (χ2n) is 10.6. The van der Waals surface area contributed by atoms with Crippen molar-refractivity contribution in [3.05, 3.63) is 65.6 Å². The highest BCUT2D eigenvalue weighted by Gasteiger charge is 2.26. The molecule has 0 radical (unpaired) electrons. The summed E-state index contributed by atoms with van der Waals surface area (Å²) in [7, 11) is 0. The number of carbonyl (C=O) groups excluding carboxylic acids is 1. The fourth-order valence-electron chi connectivity index (χ4n) is 5.43. The molecule has 0 fully saturated rings. The number of hydrogen-bond donors (Lipinski definition) is 1. The smallest absolute Gasteiger partial charge is 0.353 e. The third-order valence-corrected chi connectivity index (χ3v) is 7.52. The van der Waals surface area contributed by atoms with Gasteiger partial charge in [0.2, 0.25) is 0 Å². The van der Waals surface area contributed by atoms with Gasteiger partial charge in [-0.1, -0.05) is 121 Å². The first kappa shape index (κ1) is 29.6. The molecule has 5 nitrogen and oxygen atoms in total. The predicted octanol–water partition coefficient (Wildman–Crippen LogP) is 9.23. The Hall–Kier alpha value is -2.95. The molecule has 3 rings (SSSR count). The maximum absolute atomic E-state index is 13.3. The summed E-state index contributed by atoms with van der Waals surface area (Å²) in [6.07, 6.45) is 23.0. The predicted molar refractivity (Wildman–Crippen MR) is 156 cm³/mol. The molecule has 0 aliphatic carbocycles. The van der Waals surface area contributed by atoms with Gasteiger partial charge in [0.1, 0.15) is 5.69 Å². The molecule has 0 aliphatic rings. The van der Waals surface area contributed by atoms with Crippen molar-refractivity contribution in [2.45, 2.75) is 116 Å². The number of nitrogens with zero attached hydrogens (tertiary/aromatic N) is 2. The highest BCUT2D eigenvalue weighted by molar-refractivity contribution is 6.15. The van der Waals surface area contributed by atoms with Crippen molar-refractivity contribution in [3.8, 4) is 0 Å². The summed E-state index contributed by atoms with van der Waals surface area (Å²) in [4.78, 5) is 29.8. The van der Waals surface area contributed by atoms with Crippen LogP contribution in [-0.2, 0) is 6.54 Å². The molecule has 0 bridgehead atoms. The zero-order chi connectivity index (χ0) is 27.0. The molecule has 0 aliphatic heterocycles. The topological polar surface area (TPSA) is 72.2 Å². The SMILES string of the molecule is CCCCCCCCCCCCCCCCCC(=O)c1c(C(=O)O)n(Cc2cccnc2)c2ccccc12. The molecule has 2 aromatic heterocycles. The van der Waals surface area contributed by atoms with Gasteiger partial charge in [-0.05, 0) is 24.1 Å². The summed E-state index contributed by atoms with van der Waals surface area (Å²) in [6.45, 7) is 2.63. The second kappa shape index (κ2) is 16.8. The molecule has 3 aromatic rings. The number of pyridine rings is 1. The average molecular weight is 519 g/mol. The van der Waals surface area contributed by atoms with E-state index < -0.39 is 5.97 Å². The van der Waals surface area contributed by atoms with E-state index in [0.717, 1.165) is 35.7 Å². The molecule has 1 N–H and O–H groups in total. The fourth-order valence-corrected chi connectivity index (χ4v) is 5.43. The number of unbranched alkanes of at least 4 members (excludes halogenated alkanes) is 14. The van der Waals surface area contributed by atoms with E-state index in [9.17, 15) is 14.7 Å². The number of carbonyl (C=O) groups is 2. The van der Waals surface area contributed by atoms with Crippen LogP contribution < -0.4 is 0 Å². The van der Waals surface area contributed by atoms with Gasteiger partial charge in [0.05, 0.1) is 5.56 Å². The van der Waals surface area contributed by atoms with E-state index in [-0.39, 0.29) is 11.5 Å². The molecule has 2 heterocycles. The zero-order valence-corrected chi connectivity index (χ0v) is 23.3. The monoisotopic (exact) mass is 518 g/mol. The third kappa shape index (κ3) is 9.11. The Bertz CT molecular complexity index is 1120. The fraction of sp³-hybridized carbons (Fsp3) is 0.545. The van der Waals surface area contributed by atoms with Crippen molar-refractivity contribution < 1.29 is 14.7 Å². The molecule has 206 valence electrons. The summed E-state index contributed by atoms with van der Waals surface area (Å²) in [5.74, 6) is -1.14. The molecular formula is C33H46N2O3. The van der Waals surface area contributed by atoms with Gasteiger partial charge in [-0.3, -0.25) is 9.78 Å². The Morgan fingerprint density at radius 3 is 1.89 bits per heavy atom. The molecule has 0 unspecified atom stereocenters. The lowest BCUT2D eigenvalue weighted by molar-refractivity contribution is 0.0681. The molecule has 0 atom stereocenters. The summed E-state index contributed by atoms with van der Waals surface area (Å²) >= 11 is 0. The van der Waals surface area contributed by atoms with Gasteiger partial charge in [0.25, 0.3) is 0 Å². The maximum Gasteiger partial charge on any atom is 0.353 e. The molecule has 38 heavy (non-hydrogen) atoms. The van der Waals surface area contributed by atoms with Gasteiger partial charge >= 0.3 is 5.97 Å². The minimum atomic E-state index is -1.06. The van der Waals surface area contributed by atoms with E-state index in [4.69, 9.17) is 0 Å². The summed E-state index contributed by atoms with van der Waals surface area (Å²) < 4.78 is 1.74. The van der Waals surface area contributed by atoms with Crippen LogP contribution in [-0.4, -0.2) is 26.4 Å². The van der Waals surface area contributed by atoms with Crippen molar-refractivity contribution >= 4 is 22.7 Å². The van der Waals surface area contributed by atoms with Gasteiger partial charge in [0, 0.05) is 36.3 Å². The molecule has 0 saturated carbocycles. The Kier molecular flexibility index (Phi) is 13.1. The first-order valence-electron chi connectivity index (χ1n) is 14.9. The molecule has 5 heteroatoms. The van der Waals surface area contributed by atoms with Crippen LogP contribution in [0.4, 0.5) is 0 Å². The quantitative estimate of drug-likeness (QED) is 0.119. The minimum absolute atomic E-state index is 0.0711. The number of fused-ring (bicyclic) bond motifs is 1. The van der Waals surface area contributed by atoms with Gasteiger partial charge in [-0.25, -0.2) is 4.79 Å². The van der Waals surface area contributed by atoms with Crippen LogP contribution in [0.15, 0.2) is 48.8 Å². The minimum Gasteiger partial charge on any atom is -0.477 e. The number of carboxylic acid groups (broad SMARTS) is 1. The van der Waals surface area contributed by atoms with Crippen molar-refractivity contribution in [2.75, 3.05) is 0 Å². The van der Waals surface area contributed by atoms with Crippen LogP contribution in [0.5, 0.6) is 0 Å². The third-order valence-electron chi connectivity index (χ3n) is 7.52. The number of para-hydroxylation sites is 1. The number of Topliss-reactive ketones (excluding diaryl/α,β-unsaturated/α-hetero) is 1. The second-order valence-corrected chi connectivity index (χ2v) is 10.6. The molecule has 1 aromatic carbocycles. The standard InChI is InChI=1S/C33H46N2O3/c1-2-3-4-5-6-7-8-9-10-11-12-13-14-15-16-23-30(36)31-28-21-17-18-22-29(28)35(32(31)33(37)38)26-27-20-19-24-34-25-27/h17-22,24-25H,2-16,23,26H2,1H3,(H,37,38). The number of benzene rings is 1. The molecule has 0 amide bonds. The van der Waals surface area contributed by atoms with E-state index >= 15 is 0 Å². The van der Waals surface area contributed by atoms with E-state index in [0.29, 0.717) is 18.5 Å². The highest BCUT2D eigenvalue weighted by Crippen LogP contribution is 2.29. The largest absolute Gasteiger partial charge is 0.477 e. The van der Waals surface area contributed by atoms with Crippen LogP contribution in [0, 0.1) is 0 Å². The molecular weight excluding hydrogens is 472 g/mol. The Morgan fingerprint density at radius 2 is 1.34 bits per heavy atom. The van der Waals surface area contributed by atoms with Crippen LogP contribution >= 0.6 is 0 Å². The lowest BCUT2D eigenvalue weighted by Gasteiger charge is -2.09. The summed E-state index contributed by atoms with van der Waals surface area (Å²) in [5.41, 5.74) is 2.11. The van der Waals surface area contributed by atoms with E-state index in [1.807, 2.05) is 36.4 Å². The first-order chi connectivity index (χ1) is 18.6. The Morgan fingerprint density at radius 1 is 0.763 bits per heavy atom. The van der Waals surface area contributed by atoms with Crippen molar-refractivity contribution in [1.82, 2.24) is 9.55 Å². The van der Waals surface area contributed by atoms with Crippen LogP contribution in [0.2, 0.25) is 0 Å².